The molecular weight excluding hydrogens is 238 g/mol. The van der Waals surface area contributed by atoms with Crippen LogP contribution in [-0.4, -0.2) is 20.3 Å². The first-order valence-electron chi connectivity index (χ1n) is 6.42. The van der Waals surface area contributed by atoms with Gasteiger partial charge in [-0.15, -0.1) is 0 Å². The molecular formula is C16H17NO2. The molecule has 0 radical (unpaired) electrons. The average Bonchev–Trinajstić information content (AvgIpc) is 2.41. The van der Waals surface area contributed by atoms with E-state index in [4.69, 9.17) is 9.47 Å². The van der Waals surface area contributed by atoms with Crippen LogP contribution in [0.2, 0.25) is 0 Å². The Kier molecular flexibility index (Phi) is 3.23. The van der Waals surface area contributed by atoms with Crippen molar-refractivity contribution in [3.05, 3.63) is 60.2 Å². The number of benzene rings is 2. The fraction of sp³-hybridized carbons (Fsp3) is 0.250. The summed E-state index contributed by atoms with van der Waals surface area (Å²) in [6.07, 6.45) is 0. The van der Waals surface area contributed by atoms with E-state index in [1.165, 1.54) is 5.56 Å². The fourth-order valence-electron chi connectivity index (χ4n) is 2.23. The topological polar surface area (TPSA) is 30.5 Å². The summed E-state index contributed by atoms with van der Waals surface area (Å²) in [6, 6.07) is 18.0. The van der Waals surface area contributed by atoms with Gasteiger partial charge in [0.1, 0.15) is 11.5 Å². The lowest BCUT2D eigenvalue weighted by molar-refractivity contribution is -0.0747. The smallest absolute Gasteiger partial charge is 0.127 e. The maximum absolute atomic E-state index is 5.78. The minimum absolute atomic E-state index is 0.0225. The van der Waals surface area contributed by atoms with E-state index in [9.17, 15) is 0 Å². The van der Waals surface area contributed by atoms with Gasteiger partial charge in [0.15, 0.2) is 0 Å². The number of para-hydroxylation sites is 1. The zero-order valence-corrected chi connectivity index (χ0v) is 10.9. The molecule has 0 spiro atoms. The van der Waals surface area contributed by atoms with Gasteiger partial charge in [0, 0.05) is 0 Å². The van der Waals surface area contributed by atoms with Gasteiger partial charge in [-0.3, -0.25) is 0 Å². The van der Waals surface area contributed by atoms with Gasteiger partial charge in [-0.1, -0.05) is 30.3 Å². The maximum Gasteiger partial charge on any atom is 0.127 e. The Labute approximate surface area is 113 Å². The molecule has 1 N–H and O–H groups in total. The number of likely N-dealkylation sites (N-methyl/N-ethyl adjacent to an activating group) is 1. The molecule has 3 heteroatoms. The highest BCUT2D eigenvalue weighted by Crippen LogP contribution is 2.31. The Balaban J connectivity index is 1.76. The largest absolute Gasteiger partial charge is 0.457 e. The lowest BCUT2D eigenvalue weighted by Gasteiger charge is -2.41. The van der Waals surface area contributed by atoms with Crippen molar-refractivity contribution >= 4 is 0 Å². The van der Waals surface area contributed by atoms with Crippen molar-refractivity contribution in [2.24, 2.45) is 0 Å². The molecule has 1 saturated heterocycles. The summed E-state index contributed by atoms with van der Waals surface area (Å²) in [5.41, 5.74) is 1.22. The number of hydrogen-bond acceptors (Lipinski definition) is 3. The second-order valence-electron chi connectivity index (χ2n) is 4.76. The minimum atomic E-state index is -0.0225. The van der Waals surface area contributed by atoms with Gasteiger partial charge >= 0.3 is 0 Å². The Morgan fingerprint density at radius 3 is 2.11 bits per heavy atom. The first-order valence-corrected chi connectivity index (χ1v) is 6.42. The highest BCUT2D eigenvalue weighted by atomic mass is 16.5. The molecule has 0 atom stereocenters. The molecule has 3 rings (SSSR count). The molecule has 3 nitrogen and oxygen atoms in total. The van der Waals surface area contributed by atoms with Gasteiger partial charge in [0.25, 0.3) is 0 Å². The van der Waals surface area contributed by atoms with Crippen molar-refractivity contribution in [3.8, 4) is 11.5 Å². The molecule has 0 amide bonds. The Morgan fingerprint density at radius 1 is 0.947 bits per heavy atom. The van der Waals surface area contributed by atoms with Gasteiger partial charge in [-0.25, -0.2) is 0 Å². The quantitative estimate of drug-likeness (QED) is 0.911. The molecule has 0 unspecified atom stereocenters. The highest BCUT2D eigenvalue weighted by molar-refractivity contribution is 5.36. The SMILES string of the molecule is CNC1(c2ccc(Oc3ccccc3)cc2)COC1. The average molecular weight is 255 g/mol. The van der Waals surface area contributed by atoms with E-state index < -0.39 is 0 Å². The van der Waals surface area contributed by atoms with E-state index in [-0.39, 0.29) is 5.54 Å². The van der Waals surface area contributed by atoms with Crippen LogP contribution in [-0.2, 0) is 10.3 Å². The molecule has 98 valence electrons. The molecule has 1 aliphatic rings. The zero-order valence-electron chi connectivity index (χ0n) is 10.9. The van der Waals surface area contributed by atoms with E-state index in [0.29, 0.717) is 0 Å². The summed E-state index contributed by atoms with van der Waals surface area (Å²) in [4.78, 5) is 0. The standard InChI is InChI=1S/C16H17NO2/c1-17-16(11-18-12-16)13-7-9-15(10-8-13)19-14-5-3-2-4-6-14/h2-10,17H,11-12H2,1H3. The van der Waals surface area contributed by atoms with Crippen LogP contribution in [0.25, 0.3) is 0 Å². The van der Waals surface area contributed by atoms with Gasteiger partial charge < -0.3 is 14.8 Å². The van der Waals surface area contributed by atoms with E-state index >= 15 is 0 Å². The van der Waals surface area contributed by atoms with E-state index in [1.807, 2.05) is 49.5 Å². The summed E-state index contributed by atoms with van der Waals surface area (Å²) in [7, 11) is 1.97. The molecule has 0 bridgehead atoms. The van der Waals surface area contributed by atoms with Gasteiger partial charge in [-0.2, -0.15) is 0 Å². The molecule has 1 heterocycles. The van der Waals surface area contributed by atoms with Crippen LogP contribution in [0, 0.1) is 0 Å². The summed E-state index contributed by atoms with van der Waals surface area (Å²) in [5.74, 6) is 1.70. The molecule has 0 aromatic heterocycles. The van der Waals surface area contributed by atoms with Crippen LogP contribution >= 0.6 is 0 Å². The summed E-state index contributed by atoms with van der Waals surface area (Å²) in [6.45, 7) is 1.45. The maximum atomic E-state index is 5.78. The molecule has 19 heavy (non-hydrogen) atoms. The second-order valence-corrected chi connectivity index (χ2v) is 4.76. The molecule has 2 aromatic carbocycles. The first-order chi connectivity index (χ1) is 9.32. The van der Waals surface area contributed by atoms with Crippen LogP contribution in [0.1, 0.15) is 5.56 Å². The lowest BCUT2D eigenvalue weighted by atomic mass is 9.88. The van der Waals surface area contributed by atoms with Crippen LogP contribution in [0.4, 0.5) is 0 Å². The van der Waals surface area contributed by atoms with Gasteiger partial charge in [0.2, 0.25) is 0 Å². The number of hydrogen-bond donors (Lipinski definition) is 1. The first kappa shape index (κ1) is 12.2. The van der Waals surface area contributed by atoms with Crippen molar-refractivity contribution in [1.82, 2.24) is 5.32 Å². The van der Waals surface area contributed by atoms with Crippen LogP contribution in [0.3, 0.4) is 0 Å². The van der Waals surface area contributed by atoms with Crippen LogP contribution in [0.5, 0.6) is 11.5 Å². The number of nitrogens with one attached hydrogen (secondary N) is 1. The van der Waals surface area contributed by atoms with Crippen molar-refractivity contribution in [3.63, 3.8) is 0 Å². The van der Waals surface area contributed by atoms with Crippen LogP contribution in [0.15, 0.2) is 54.6 Å². The third-order valence-corrected chi connectivity index (χ3v) is 3.56. The van der Waals surface area contributed by atoms with Crippen molar-refractivity contribution in [1.29, 1.82) is 0 Å². The monoisotopic (exact) mass is 255 g/mol. The number of ether oxygens (including phenoxy) is 2. The van der Waals surface area contributed by atoms with E-state index in [0.717, 1.165) is 24.7 Å². The molecule has 0 saturated carbocycles. The van der Waals surface area contributed by atoms with Gasteiger partial charge in [0.05, 0.1) is 18.8 Å². The molecule has 1 aliphatic heterocycles. The molecule has 1 fully saturated rings. The molecule has 2 aromatic rings. The summed E-state index contributed by atoms with van der Waals surface area (Å²) in [5, 5.41) is 3.33. The third-order valence-electron chi connectivity index (χ3n) is 3.56. The van der Waals surface area contributed by atoms with Crippen molar-refractivity contribution in [2.45, 2.75) is 5.54 Å². The van der Waals surface area contributed by atoms with Crippen molar-refractivity contribution < 1.29 is 9.47 Å². The summed E-state index contributed by atoms with van der Waals surface area (Å²) < 4.78 is 11.1. The van der Waals surface area contributed by atoms with E-state index in [2.05, 4.69) is 17.4 Å². The lowest BCUT2D eigenvalue weighted by Crippen LogP contribution is -2.56. The van der Waals surface area contributed by atoms with Crippen molar-refractivity contribution in [2.75, 3.05) is 20.3 Å². The third kappa shape index (κ3) is 2.35. The summed E-state index contributed by atoms with van der Waals surface area (Å²) >= 11 is 0. The Morgan fingerprint density at radius 2 is 1.58 bits per heavy atom. The predicted octanol–water partition coefficient (Wildman–Crippen LogP) is 2.92. The van der Waals surface area contributed by atoms with E-state index in [1.54, 1.807) is 0 Å². The second kappa shape index (κ2) is 5.03. The predicted molar refractivity (Wildman–Crippen MR) is 74.5 cm³/mol. The fourth-order valence-corrected chi connectivity index (χ4v) is 2.23. The normalized spacial score (nSPS) is 16.7. The zero-order chi connectivity index (χ0) is 13.1. The highest BCUT2D eigenvalue weighted by Gasteiger charge is 2.38. The number of rotatable bonds is 4. The van der Waals surface area contributed by atoms with Gasteiger partial charge in [-0.05, 0) is 36.9 Å². The Hall–Kier alpha value is -1.84. The molecule has 0 aliphatic carbocycles. The minimum Gasteiger partial charge on any atom is -0.457 e. The Bertz CT molecular complexity index is 527. The van der Waals surface area contributed by atoms with Crippen LogP contribution < -0.4 is 10.1 Å².